The molecule has 0 bridgehead atoms. The van der Waals surface area contributed by atoms with Crippen molar-refractivity contribution in [3.05, 3.63) is 33.9 Å². The molecule has 1 aromatic carbocycles. The molecule has 2 rings (SSSR count). The van der Waals surface area contributed by atoms with Gasteiger partial charge in [0, 0.05) is 19.7 Å². The van der Waals surface area contributed by atoms with E-state index in [1.807, 2.05) is 0 Å². The van der Waals surface area contributed by atoms with E-state index in [0.29, 0.717) is 18.9 Å². The average Bonchev–Trinajstić information content (AvgIpc) is 2.91. The van der Waals surface area contributed by atoms with E-state index in [0.717, 1.165) is 25.0 Å². The lowest BCUT2D eigenvalue weighted by molar-refractivity contribution is -0.384. The van der Waals surface area contributed by atoms with Crippen LogP contribution in [0.4, 0.5) is 11.4 Å². The van der Waals surface area contributed by atoms with Crippen molar-refractivity contribution in [3.8, 4) is 0 Å². The number of hydrogen-bond acceptors (Lipinski definition) is 5. The van der Waals surface area contributed by atoms with Crippen LogP contribution in [0, 0.1) is 10.1 Å². The molecule has 1 aliphatic heterocycles. The molecule has 0 aliphatic carbocycles. The summed E-state index contributed by atoms with van der Waals surface area (Å²) in [5, 5.41) is 13.6. The average molecular weight is 266 g/mol. The number of ether oxygens (including phenoxy) is 2. The van der Waals surface area contributed by atoms with Crippen LogP contribution in [0.3, 0.4) is 0 Å². The Morgan fingerprint density at radius 3 is 3.05 bits per heavy atom. The lowest BCUT2D eigenvalue weighted by Gasteiger charge is -2.11. The molecule has 6 nitrogen and oxygen atoms in total. The highest BCUT2D eigenvalue weighted by molar-refractivity contribution is 5.62. The van der Waals surface area contributed by atoms with Gasteiger partial charge in [-0.05, 0) is 30.5 Å². The molecule has 0 spiro atoms. The fraction of sp³-hybridized carbons (Fsp3) is 0.538. The minimum atomic E-state index is -0.400. The summed E-state index contributed by atoms with van der Waals surface area (Å²) in [7, 11) is 1.67. The van der Waals surface area contributed by atoms with Gasteiger partial charge in [0.1, 0.15) is 5.69 Å². The van der Waals surface area contributed by atoms with Gasteiger partial charge >= 0.3 is 0 Å². The third-order valence-electron chi connectivity index (χ3n) is 3.12. The van der Waals surface area contributed by atoms with Gasteiger partial charge in [0.15, 0.2) is 0 Å². The number of nitro benzene ring substituents is 1. The van der Waals surface area contributed by atoms with Crippen molar-refractivity contribution in [2.45, 2.75) is 25.6 Å². The number of nitrogens with zero attached hydrogens (tertiary/aromatic N) is 1. The SMILES string of the molecule is CNc1cc(COCC2CCCO2)ccc1[N+](=O)[O-]. The number of anilines is 1. The van der Waals surface area contributed by atoms with Gasteiger partial charge in [-0.25, -0.2) is 0 Å². The molecule has 1 saturated heterocycles. The van der Waals surface area contributed by atoms with E-state index in [4.69, 9.17) is 9.47 Å². The van der Waals surface area contributed by atoms with Crippen LogP contribution in [0.15, 0.2) is 18.2 Å². The Balaban J connectivity index is 1.91. The van der Waals surface area contributed by atoms with Crippen LogP contribution in [-0.4, -0.2) is 31.3 Å². The highest BCUT2D eigenvalue weighted by Crippen LogP contribution is 2.25. The summed E-state index contributed by atoms with van der Waals surface area (Å²) in [5.41, 5.74) is 1.49. The molecule has 1 atom stereocenters. The minimum absolute atomic E-state index is 0.0744. The van der Waals surface area contributed by atoms with Crippen molar-refractivity contribution in [3.63, 3.8) is 0 Å². The molecule has 0 saturated carbocycles. The predicted octanol–water partition coefficient (Wildman–Crippen LogP) is 2.33. The zero-order valence-corrected chi connectivity index (χ0v) is 10.9. The Bertz CT molecular complexity index is 444. The van der Waals surface area contributed by atoms with Crippen LogP contribution >= 0.6 is 0 Å². The smallest absolute Gasteiger partial charge is 0.292 e. The number of nitro groups is 1. The zero-order valence-electron chi connectivity index (χ0n) is 10.9. The monoisotopic (exact) mass is 266 g/mol. The van der Waals surface area contributed by atoms with Crippen molar-refractivity contribution in [2.24, 2.45) is 0 Å². The fourth-order valence-electron chi connectivity index (χ4n) is 2.12. The van der Waals surface area contributed by atoms with Crippen LogP contribution < -0.4 is 5.32 Å². The summed E-state index contributed by atoms with van der Waals surface area (Å²) in [6, 6.07) is 4.96. The largest absolute Gasteiger partial charge is 0.383 e. The molecule has 6 heteroatoms. The van der Waals surface area contributed by atoms with Gasteiger partial charge in [0.2, 0.25) is 0 Å². The number of benzene rings is 1. The Labute approximate surface area is 111 Å². The van der Waals surface area contributed by atoms with E-state index in [1.165, 1.54) is 6.07 Å². The molecular formula is C13H18N2O4. The number of nitrogens with one attached hydrogen (secondary N) is 1. The van der Waals surface area contributed by atoms with Gasteiger partial charge in [-0.3, -0.25) is 10.1 Å². The molecule has 1 N–H and O–H groups in total. The Hall–Kier alpha value is -1.66. The molecule has 1 aromatic rings. The predicted molar refractivity (Wildman–Crippen MR) is 71.3 cm³/mol. The Morgan fingerprint density at radius 2 is 2.42 bits per heavy atom. The summed E-state index contributed by atoms with van der Waals surface area (Å²) in [5.74, 6) is 0. The molecule has 0 amide bonds. The molecule has 104 valence electrons. The van der Waals surface area contributed by atoms with Gasteiger partial charge in [-0.1, -0.05) is 0 Å². The van der Waals surface area contributed by atoms with Crippen molar-refractivity contribution in [1.82, 2.24) is 0 Å². The fourth-order valence-corrected chi connectivity index (χ4v) is 2.12. The van der Waals surface area contributed by atoms with Crippen LogP contribution in [0.2, 0.25) is 0 Å². The van der Waals surface area contributed by atoms with E-state index in [9.17, 15) is 10.1 Å². The summed E-state index contributed by atoms with van der Waals surface area (Å²) in [4.78, 5) is 10.4. The van der Waals surface area contributed by atoms with Gasteiger partial charge in [-0.2, -0.15) is 0 Å². The molecule has 1 fully saturated rings. The second kappa shape index (κ2) is 6.49. The molecular weight excluding hydrogens is 248 g/mol. The molecule has 1 heterocycles. The van der Waals surface area contributed by atoms with Crippen LogP contribution in [0.25, 0.3) is 0 Å². The molecule has 0 aromatic heterocycles. The molecule has 1 aliphatic rings. The maximum Gasteiger partial charge on any atom is 0.292 e. The van der Waals surface area contributed by atoms with E-state index >= 15 is 0 Å². The van der Waals surface area contributed by atoms with Crippen molar-refractivity contribution >= 4 is 11.4 Å². The molecule has 0 radical (unpaired) electrons. The van der Waals surface area contributed by atoms with Crippen molar-refractivity contribution < 1.29 is 14.4 Å². The Kier molecular flexibility index (Phi) is 4.70. The topological polar surface area (TPSA) is 73.6 Å². The van der Waals surface area contributed by atoms with E-state index in [-0.39, 0.29) is 11.8 Å². The van der Waals surface area contributed by atoms with Crippen molar-refractivity contribution in [2.75, 3.05) is 25.6 Å². The summed E-state index contributed by atoms with van der Waals surface area (Å²) in [6.07, 6.45) is 2.33. The first-order valence-electron chi connectivity index (χ1n) is 6.35. The van der Waals surface area contributed by atoms with E-state index in [1.54, 1.807) is 19.2 Å². The van der Waals surface area contributed by atoms with Gasteiger partial charge in [-0.15, -0.1) is 0 Å². The van der Waals surface area contributed by atoms with E-state index < -0.39 is 4.92 Å². The van der Waals surface area contributed by atoms with Crippen LogP contribution in [0.5, 0.6) is 0 Å². The lowest BCUT2D eigenvalue weighted by atomic mass is 10.2. The molecule has 1 unspecified atom stereocenters. The second-order valence-electron chi connectivity index (χ2n) is 4.51. The third-order valence-corrected chi connectivity index (χ3v) is 3.12. The first kappa shape index (κ1) is 13.8. The maximum atomic E-state index is 10.8. The summed E-state index contributed by atoms with van der Waals surface area (Å²) >= 11 is 0. The van der Waals surface area contributed by atoms with Crippen molar-refractivity contribution in [1.29, 1.82) is 0 Å². The Morgan fingerprint density at radius 1 is 1.58 bits per heavy atom. The second-order valence-corrected chi connectivity index (χ2v) is 4.51. The first-order chi connectivity index (χ1) is 9.20. The maximum absolute atomic E-state index is 10.8. The van der Waals surface area contributed by atoms with Gasteiger partial charge < -0.3 is 14.8 Å². The third kappa shape index (κ3) is 3.65. The number of hydrogen-bond donors (Lipinski definition) is 1. The van der Waals surface area contributed by atoms with Crippen LogP contribution in [-0.2, 0) is 16.1 Å². The van der Waals surface area contributed by atoms with Gasteiger partial charge in [0.05, 0.1) is 24.2 Å². The van der Waals surface area contributed by atoms with Gasteiger partial charge in [0.25, 0.3) is 5.69 Å². The summed E-state index contributed by atoms with van der Waals surface area (Å²) < 4.78 is 11.0. The normalized spacial score (nSPS) is 18.5. The minimum Gasteiger partial charge on any atom is -0.383 e. The quantitative estimate of drug-likeness (QED) is 0.632. The highest BCUT2D eigenvalue weighted by atomic mass is 16.6. The first-order valence-corrected chi connectivity index (χ1v) is 6.35. The number of rotatable bonds is 6. The van der Waals surface area contributed by atoms with Crippen LogP contribution in [0.1, 0.15) is 18.4 Å². The van der Waals surface area contributed by atoms with E-state index in [2.05, 4.69) is 5.32 Å². The molecule has 19 heavy (non-hydrogen) atoms. The zero-order chi connectivity index (χ0) is 13.7. The standard InChI is InChI=1S/C13H18N2O4/c1-14-12-7-10(4-5-13(12)15(16)17)8-18-9-11-3-2-6-19-11/h4-5,7,11,14H,2-3,6,8-9H2,1H3. The summed E-state index contributed by atoms with van der Waals surface area (Å²) in [6.45, 7) is 1.83. The highest BCUT2D eigenvalue weighted by Gasteiger charge is 2.16. The lowest BCUT2D eigenvalue weighted by Crippen LogP contribution is -2.13.